The molecule has 8 heterocycles. The van der Waals surface area contributed by atoms with Crippen molar-refractivity contribution >= 4 is 29.7 Å². The van der Waals surface area contributed by atoms with Crippen molar-refractivity contribution in [1.82, 2.24) is 9.13 Å². The van der Waals surface area contributed by atoms with Crippen LogP contribution in [-0.4, -0.2) is 29.7 Å². The largest absolute Gasteiger partial charge is 0.553 e. The normalized spacial score (nSPS) is 25.0. The summed E-state index contributed by atoms with van der Waals surface area (Å²) in [5.74, 6) is -0.536. The molecule has 0 radical (unpaired) electrons. The molecule has 1 spiro atoms. The molecule has 0 unspecified atom stereocenters. The van der Waals surface area contributed by atoms with Crippen molar-refractivity contribution in [2.24, 2.45) is 0 Å². The molecule has 2 aromatic rings. The fourth-order valence-corrected chi connectivity index (χ4v) is 6.89. The Bertz CT molecular complexity index is 1760. The Morgan fingerprint density at radius 1 is 0.781 bits per heavy atom. The Labute approximate surface area is 186 Å². The number of rotatable bonds is 1. The second kappa shape index (κ2) is 4.73. The van der Waals surface area contributed by atoms with Gasteiger partial charge in [-0.3, -0.25) is 0 Å². The Kier molecular flexibility index (Phi) is 2.51. The molecule has 0 N–H and O–H groups in total. The first-order valence-corrected chi connectivity index (χ1v) is 11.3. The molecule has 1 atom stereocenters. The summed E-state index contributed by atoms with van der Waals surface area (Å²) >= 11 is 0. The van der Waals surface area contributed by atoms with E-state index in [-0.39, 0.29) is 0 Å². The summed E-state index contributed by atoms with van der Waals surface area (Å²) in [6.45, 7) is 15.5. The summed E-state index contributed by atoms with van der Waals surface area (Å²) in [6.07, 6.45) is 11.5. The van der Waals surface area contributed by atoms with E-state index >= 15 is 0 Å². The van der Waals surface area contributed by atoms with Crippen molar-refractivity contribution in [3.63, 3.8) is 0 Å². The molecule has 0 aromatic carbocycles. The van der Waals surface area contributed by atoms with Crippen LogP contribution in [0, 0.1) is 13.8 Å². The van der Waals surface area contributed by atoms with Gasteiger partial charge in [0.2, 0.25) is 22.8 Å². The Morgan fingerprint density at radius 2 is 1.53 bits per heavy atom. The fraction of sp³-hybridized carbons (Fsp3) is 0.214. The first-order valence-electron chi connectivity index (χ1n) is 11.3. The SMILES string of the molecule is C=CC1=C(C)C2=Cc3c(C)cc4n3[C@]35n6c(cc(C)c6=CC6=[N+]3C(=CC1=[N+]25)C(C)=C6C)=C4. The van der Waals surface area contributed by atoms with Gasteiger partial charge < -0.3 is 0 Å². The molecule has 6 aliphatic heterocycles. The lowest BCUT2D eigenvalue weighted by molar-refractivity contribution is -0.837. The average molecular weight is 417 g/mol. The predicted octanol–water partition coefficient (Wildman–Crippen LogP) is 2.98. The second-order valence-corrected chi connectivity index (χ2v) is 9.83. The third kappa shape index (κ3) is 1.39. The maximum absolute atomic E-state index is 4.21. The quantitative estimate of drug-likeness (QED) is 0.636. The molecule has 0 saturated heterocycles. The van der Waals surface area contributed by atoms with Crippen molar-refractivity contribution in [2.75, 3.05) is 0 Å². The van der Waals surface area contributed by atoms with E-state index in [0.717, 1.165) is 0 Å². The zero-order chi connectivity index (χ0) is 21.8. The first kappa shape index (κ1) is 17.0. The molecule has 0 amide bonds. The minimum Gasteiger partial charge on any atom is -0.199 e. The van der Waals surface area contributed by atoms with Gasteiger partial charge in [-0.15, -0.1) is 0 Å². The number of nitrogens with zero attached hydrogens (tertiary/aromatic N) is 4. The molecule has 6 aliphatic rings. The number of allylic oxidation sites excluding steroid dienone is 6. The van der Waals surface area contributed by atoms with Crippen LogP contribution in [0.1, 0.15) is 43.3 Å². The Balaban J connectivity index is 1.73. The van der Waals surface area contributed by atoms with Gasteiger partial charge in [0.05, 0.1) is 33.7 Å². The van der Waals surface area contributed by atoms with Gasteiger partial charge in [0.1, 0.15) is 0 Å². The maximum atomic E-state index is 4.21. The Morgan fingerprint density at radius 3 is 2.31 bits per heavy atom. The molecule has 0 fully saturated rings. The lowest BCUT2D eigenvalue weighted by atomic mass is 10.0. The smallest absolute Gasteiger partial charge is 0.199 e. The van der Waals surface area contributed by atoms with Crippen molar-refractivity contribution < 1.29 is 9.15 Å². The topological polar surface area (TPSA) is 15.9 Å². The summed E-state index contributed by atoms with van der Waals surface area (Å²) in [5.41, 5.74) is 15.6. The number of aromatic nitrogens is 2. The molecule has 8 rings (SSSR count). The molecule has 4 nitrogen and oxygen atoms in total. The van der Waals surface area contributed by atoms with Gasteiger partial charge in [-0.2, -0.15) is 9.13 Å². The third-order valence-corrected chi connectivity index (χ3v) is 8.41. The van der Waals surface area contributed by atoms with Crippen LogP contribution >= 0.6 is 0 Å². The molecule has 4 heteroatoms. The van der Waals surface area contributed by atoms with E-state index in [0.29, 0.717) is 0 Å². The van der Waals surface area contributed by atoms with Gasteiger partial charge in [0, 0.05) is 28.9 Å². The summed E-state index contributed by atoms with van der Waals surface area (Å²) < 4.78 is 10.3. The van der Waals surface area contributed by atoms with Gasteiger partial charge in [-0.05, 0) is 64.0 Å². The van der Waals surface area contributed by atoms with E-state index in [4.69, 9.17) is 0 Å². The van der Waals surface area contributed by atoms with Crippen LogP contribution in [0.15, 0.2) is 64.6 Å². The molecular weight excluding hydrogens is 392 g/mol. The minimum atomic E-state index is -0.536. The molecule has 32 heavy (non-hydrogen) atoms. The molecule has 2 aromatic heterocycles. The van der Waals surface area contributed by atoms with Gasteiger partial charge in [0.15, 0.2) is 0 Å². The predicted molar refractivity (Wildman–Crippen MR) is 127 cm³/mol. The summed E-state index contributed by atoms with van der Waals surface area (Å²) in [7, 11) is 0. The fourth-order valence-electron chi connectivity index (χ4n) is 6.89. The maximum Gasteiger partial charge on any atom is 0.553 e. The van der Waals surface area contributed by atoms with Crippen LogP contribution in [0.3, 0.4) is 0 Å². The zero-order valence-electron chi connectivity index (χ0n) is 19.0. The molecule has 154 valence electrons. The van der Waals surface area contributed by atoms with E-state index in [9.17, 15) is 0 Å². The van der Waals surface area contributed by atoms with Crippen LogP contribution in [0.4, 0.5) is 0 Å². The third-order valence-electron chi connectivity index (χ3n) is 8.41. The summed E-state index contributed by atoms with van der Waals surface area (Å²) in [4.78, 5) is 0. The van der Waals surface area contributed by atoms with E-state index < -0.39 is 5.91 Å². The highest BCUT2D eigenvalue weighted by molar-refractivity contribution is 6.20. The van der Waals surface area contributed by atoms with E-state index in [1.165, 1.54) is 78.3 Å². The van der Waals surface area contributed by atoms with Crippen LogP contribution in [0.25, 0.3) is 18.2 Å². The first-order chi connectivity index (χ1) is 15.4. The average Bonchev–Trinajstić information content (AvgIpc) is 3.43. The van der Waals surface area contributed by atoms with Gasteiger partial charge in [-0.1, -0.05) is 21.8 Å². The minimum absolute atomic E-state index is 0.536. The van der Waals surface area contributed by atoms with Crippen LogP contribution in [0.2, 0.25) is 0 Å². The molecule has 0 aliphatic carbocycles. The Hall–Kier alpha value is -3.66. The monoisotopic (exact) mass is 416 g/mol. The lowest BCUT2D eigenvalue weighted by Crippen LogP contribution is -2.69. The highest BCUT2D eigenvalue weighted by Crippen LogP contribution is 2.49. The summed E-state index contributed by atoms with van der Waals surface area (Å²) in [6, 6.07) is 4.70. The molecular formula is C28H24N4+2. The number of hydrogen-bond acceptors (Lipinski definition) is 0. The standard InChI is InChI=1S/C28H24N4/c1-7-21-18(6)26-12-23-15(3)9-20-10-19-8-14(2)22-11-24-16(4)17(5)25-13-27(21)32(26)28(29(19)22,30(20)23)31(24)25/h7-13H,1H2,2-6H3/q+2/t28-/m1/s1. The second-order valence-electron chi connectivity index (χ2n) is 9.83. The van der Waals surface area contributed by atoms with Gasteiger partial charge >= 0.3 is 5.91 Å². The van der Waals surface area contributed by atoms with E-state index in [2.05, 4.69) is 95.9 Å². The van der Waals surface area contributed by atoms with E-state index in [1.54, 1.807) is 0 Å². The van der Waals surface area contributed by atoms with Crippen molar-refractivity contribution in [3.8, 4) is 0 Å². The van der Waals surface area contributed by atoms with Crippen molar-refractivity contribution in [1.29, 1.82) is 0 Å². The van der Waals surface area contributed by atoms with Gasteiger partial charge in [0.25, 0.3) is 0 Å². The van der Waals surface area contributed by atoms with Gasteiger partial charge in [-0.25, -0.2) is 0 Å². The van der Waals surface area contributed by atoms with Crippen molar-refractivity contribution in [3.05, 3.63) is 97.8 Å². The van der Waals surface area contributed by atoms with E-state index in [1.807, 2.05) is 6.08 Å². The number of hydrogen-bond donors (Lipinski definition) is 0. The lowest BCUT2D eigenvalue weighted by Gasteiger charge is -2.38. The van der Waals surface area contributed by atoms with Crippen molar-refractivity contribution in [2.45, 2.75) is 40.5 Å². The number of aryl methyl sites for hydroxylation is 2. The highest BCUT2D eigenvalue weighted by Gasteiger charge is 2.72. The van der Waals surface area contributed by atoms with Crippen LogP contribution in [-0.2, 0) is 5.91 Å². The molecule has 0 saturated carbocycles. The summed E-state index contributed by atoms with van der Waals surface area (Å²) in [5, 5.41) is 2.56. The van der Waals surface area contributed by atoms with Crippen LogP contribution in [0.5, 0.6) is 0 Å². The highest BCUT2D eigenvalue weighted by atomic mass is 15.6. The zero-order valence-corrected chi connectivity index (χ0v) is 19.0. The molecule has 0 bridgehead atoms. The van der Waals surface area contributed by atoms with Crippen LogP contribution < -0.4 is 10.7 Å².